The van der Waals surface area contributed by atoms with Crippen LogP contribution in [0.4, 0.5) is 0 Å². The first-order valence-electron chi connectivity index (χ1n) is 14.2. The molecule has 0 spiro atoms. The summed E-state index contributed by atoms with van der Waals surface area (Å²) in [7, 11) is 0. The molecule has 2 aliphatic heterocycles. The molecule has 2 aliphatic rings. The number of hydrogen-bond donors (Lipinski definition) is 2. The first-order chi connectivity index (χ1) is 20.4. The van der Waals surface area contributed by atoms with Gasteiger partial charge in [0.2, 0.25) is 0 Å². The third-order valence-electron chi connectivity index (χ3n) is 8.37. The van der Waals surface area contributed by atoms with Crippen LogP contribution in [0.5, 0.6) is 11.5 Å². The number of carbonyl (C=O) groups is 1. The lowest BCUT2D eigenvalue weighted by molar-refractivity contribution is -0.141. The van der Waals surface area contributed by atoms with E-state index in [2.05, 4.69) is 60.0 Å². The maximum atomic E-state index is 11.3. The monoisotopic (exact) mass is 561 g/mol. The van der Waals surface area contributed by atoms with Gasteiger partial charge in [-0.25, -0.2) is 4.98 Å². The Morgan fingerprint density at radius 3 is 2.38 bits per heavy atom. The molecule has 0 amide bonds. The average Bonchev–Trinajstić information content (AvgIpc) is 3.60. The standard InChI is InChI=1S/C34H31N3O5/c1-21-27(24-9-10-30-31(15-24)42-14-13-41-30)3-2-4-28(21)25-11-12-37-29(18-35-32(37)16-25)23-7-5-22(6-8-23)19-36-20-26(34(39)40)17-33(36)38/h2-12,15-16,18,26,33,38H,13-14,17,19-20H2,1H3,(H,39,40)/t26-,33+/m0/s1. The van der Waals surface area contributed by atoms with E-state index in [1.165, 1.54) is 5.56 Å². The fourth-order valence-corrected chi connectivity index (χ4v) is 6.08. The Morgan fingerprint density at radius 1 is 0.929 bits per heavy atom. The first-order valence-corrected chi connectivity index (χ1v) is 14.2. The summed E-state index contributed by atoms with van der Waals surface area (Å²) >= 11 is 0. The van der Waals surface area contributed by atoms with Crippen molar-refractivity contribution < 1.29 is 24.5 Å². The molecule has 4 heterocycles. The highest BCUT2D eigenvalue weighted by Gasteiger charge is 2.34. The average molecular weight is 562 g/mol. The molecule has 2 aromatic heterocycles. The molecule has 0 bridgehead atoms. The molecule has 0 saturated carbocycles. The summed E-state index contributed by atoms with van der Waals surface area (Å²) in [5.41, 5.74) is 9.55. The van der Waals surface area contributed by atoms with E-state index in [0.717, 1.165) is 56.2 Å². The van der Waals surface area contributed by atoms with Crippen LogP contribution >= 0.6 is 0 Å². The van der Waals surface area contributed by atoms with Crippen LogP contribution in [-0.4, -0.2) is 56.5 Å². The van der Waals surface area contributed by atoms with Crippen molar-refractivity contribution in [3.8, 4) is 45.0 Å². The molecule has 7 rings (SSSR count). The van der Waals surface area contributed by atoms with Gasteiger partial charge < -0.3 is 19.7 Å². The molecule has 1 fully saturated rings. The van der Waals surface area contributed by atoms with Gasteiger partial charge in [-0.1, -0.05) is 48.5 Å². The minimum atomic E-state index is -0.856. The number of hydrogen-bond acceptors (Lipinski definition) is 6. The lowest BCUT2D eigenvalue weighted by Crippen LogP contribution is -2.29. The van der Waals surface area contributed by atoms with Gasteiger partial charge in [0, 0.05) is 31.3 Å². The van der Waals surface area contributed by atoms with Crippen LogP contribution in [0, 0.1) is 12.8 Å². The van der Waals surface area contributed by atoms with Crippen molar-refractivity contribution in [1.82, 2.24) is 14.3 Å². The molecule has 2 N–H and O–H groups in total. The molecular weight excluding hydrogens is 530 g/mol. The van der Waals surface area contributed by atoms with Crippen molar-refractivity contribution in [2.45, 2.75) is 26.1 Å². The van der Waals surface area contributed by atoms with Gasteiger partial charge >= 0.3 is 5.97 Å². The van der Waals surface area contributed by atoms with Gasteiger partial charge in [0.1, 0.15) is 25.1 Å². The minimum absolute atomic E-state index is 0.263. The van der Waals surface area contributed by atoms with Crippen molar-refractivity contribution in [1.29, 1.82) is 0 Å². The number of imidazole rings is 1. The number of carboxylic acid groups (broad SMARTS) is 1. The number of ether oxygens (including phenoxy) is 2. The van der Waals surface area contributed by atoms with E-state index >= 15 is 0 Å². The number of aliphatic carboxylic acids is 1. The smallest absolute Gasteiger partial charge is 0.307 e. The highest BCUT2D eigenvalue weighted by Crippen LogP contribution is 2.38. The third kappa shape index (κ3) is 4.78. The zero-order valence-electron chi connectivity index (χ0n) is 23.2. The molecule has 0 aliphatic carbocycles. The van der Waals surface area contributed by atoms with Gasteiger partial charge in [0.15, 0.2) is 11.5 Å². The summed E-state index contributed by atoms with van der Waals surface area (Å²) in [6.07, 6.45) is 3.47. The first kappa shape index (κ1) is 26.3. The third-order valence-corrected chi connectivity index (χ3v) is 8.37. The Bertz CT molecular complexity index is 1800. The number of aliphatic hydroxyl groups is 1. The van der Waals surface area contributed by atoms with E-state index in [0.29, 0.717) is 26.3 Å². The number of aromatic nitrogens is 2. The maximum Gasteiger partial charge on any atom is 0.307 e. The molecule has 0 unspecified atom stereocenters. The second kappa shape index (κ2) is 10.6. The van der Waals surface area contributed by atoms with Gasteiger partial charge in [-0.15, -0.1) is 0 Å². The van der Waals surface area contributed by atoms with Gasteiger partial charge in [0.05, 0.1) is 17.8 Å². The molecule has 8 heteroatoms. The predicted octanol–water partition coefficient (Wildman–Crippen LogP) is 5.64. The number of pyridine rings is 1. The number of aliphatic hydroxyl groups excluding tert-OH is 1. The maximum absolute atomic E-state index is 11.3. The number of fused-ring (bicyclic) bond motifs is 2. The van der Waals surface area contributed by atoms with Crippen LogP contribution in [-0.2, 0) is 11.3 Å². The molecule has 5 aromatic rings. The molecular formula is C34H31N3O5. The van der Waals surface area contributed by atoms with Gasteiger partial charge in [-0.2, -0.15) is 0 Å². The van der Waals surface area contributed by atoms with E-state index < -0.39 is 18.1 Å². The van der Waals surface area contributed by atoms with Crippen molar-refractivity contribution in [3.63, 3.8) is 0 Å². The van der Waals surface area contributed by atoms with Gasteiger partial charge in [-0.05, 0) is 64.6 Å². The minimum Gasteiger partial charge on any atom is -0.486 e. The number of benzene rings is 3. The summed E-state index contributed by atoms with van der Waals surface area (Å²) in [4.78, 5) is 17.8. The molecule has 3 aromatic carbocycles. The lowest BCUT2D eigenvalue weighted by atomic mass is 9.93. The molecule has 8 nitrogen and oxygen atoms in total. The zero-order valence-corrected chi connectivity index (χ0v) is 23.2. The number of carboxylic acids is 1. The van der Waals surface area contributed by atoms with E-state index in [4.69, 9.17) is 14.5 Å². The Hall–Kier alpha value is -4.66. The topological polar surface area (TPSA) is 96.5 Å². The van der Waals surface area contributed by atoms with Gasteiger partial charge in [-0.3, -0.25) is 14.1 Å². The van der Waals surface area contributed by atoms with E-state index in [1.807, 2.05) is 41.4 Å². The SMILES string of the molecule is Cc1c(-c2ccc3c(c2)OCCO3)cccc1-c1ccn2c(-c3ccc(CN4C[C@@H](C(=O)O)C[C@H]4O)cc3)cnc2c1. The second-order valence-electron chi connectivity index (χ2n) is 11.0. The number of rotatable bonds is 6. The number of likely N-dealkylation sites (tertiary alicyclic amines) is 1. The van der Waals surface area contributed by atoms with Crippen LogP contribution in [0.3, 0.4) is 0 Å². The molecule has 42 heavy (non-hydrogen) atoms. The van der Waals surface area contributed by atoms with E-state index in [-0.39, 0.29) is 6.42 Å². The molecule has 1 saturated heterocycles. The summed E-state index contributed by atoms with van der Waals surface area (Å²) in [6, 6.07) is 24.8. The Morgan fingerprint density at radius 2 is 1.64 bits per heavy atom. The van der Waals surface area contributed by atoms with Crippen molar-refractivity contribution in [2.75, 3.05) is 19.8 Å². The fourth-order valence-electron chi connectivity index (χ4n) is 6.08. The predicted molar refractivity (Wildman–Crippen MR) is 159 cm³/mol. The largest absolute Gasteiger partial charge is 0.486 e. The van der Waals surface area contributed by atoms with Gasteiger partial charge in [0.25, 0.3) is 0 Å². The van der Waals surface area contributed by atoms with Crippen LogP contribution in [0.1, 0.15) is 17.5 Å². The molecule has 2 atom stereocenters. The highest BCUT2D eigenvalue weighted by molar-refractivity contribution is 5.81. The zero-order chi connectivity index (χ0) is 28.8. The Kier molecular flexibility index (Phi) is 6.64. The van der Waals surface area contributed by atoms with E-state index in [1.54, 1.807) is 0 Å². The van der Waals surface area contributed by atoms with E-state index in [9.17, 15) is 15.0 Å². The van der Waals surface area contributed by atoms with Crippen molar-refractivity contribution in [3.05, 3.63) is 96.3 Å². The van der Waals surface area contributed by atoms with Crippen LogP contribution in [0.15, 0.2) is 85.2 Å². The van der Waals surface area contributed by atoms with Crippen molar-refractivity contribution >= 4 is 11.6 Å². The summed E-state index contributed by atoms with van der Waals surface area (Å²) in [5, 5.41) is 19.6. The Labute approximate surface area is 243 Å². The lowest BCUT2D eigenvalue weighted by Gasteiger charge is -2.20. The molecule has 212 valence electrons. The summed E-state index contributed by atoms with van der Waals surface area (Å²) in [6.45, 7) is 4.14. The number of nitrogens with zero attached hydrogens (tertiary/aromatic N) is 3. The fraction of sp³-hybridized carbons (Fsp3) is 0.235. The summed E-state index contributed by atoms with van der Waals surface area (Å²) < 4.78 is 13.6. The summed E-state index contributed by atoms with van der Waals surface area (Å²) in [5.74, 6) is 0.184. The normalized spacial score (nSPS) is 18.4. The quantitative estimate of drug-likeness (QED) is 0.277. The van der Waals surface area contributed by atoms with Crippen LogP contribution < -0.4 is 9.47 Å². The van der Waals surface area contributed by atoms with Crippen LogP contribution in [0.2, 0.25) is 0 Å². The highest BCUT2D eigenvalue weighted by atomic mass is 16.6. The Balaban J connectivity index is 1.13. The second-order valence-corrected chi connectivity index (χ2v) is 11.0. The molecule has 0 radical (unpaired) electrons. The van der Waals surface area contributed by atoms with Crippen LogP contribution in [0.25, 0.3) is 39.2 Å². The van der Waals surface area contributed by atoms with Crippen molar-refractivity contribution in [2.24, 2.45) is 5.92 Å².